The van der Waals surface area contributed by atoms with Gasteiger partial charge < -0.3 is 4.74 Å². The number of nitrogens with zero attached hydrogens (tertiary/aromatic N) is 1. The Morgan fingerprint density at radius 1 is 1.38 bits per heavy atom. The fourth-order valence-corrected chi connectivity index (χ4v) is 1.79. The van der Waals surface area contributed by atoms with E-state index in [0.717, 1.165) is 0 Å². The van der Waals surface area contributed by atoms with Gasteiger partial charge in [0.25, 0.3) is 0 Å². The second kappa shape index (κ2) is 3.92. The van der Waals surface area contributed by atoms with Crippen molar-refractivity contribution >= 4 is 17.7 Å². The van der Waals surface area contributed by atoms with E-state index in [9.17, 15) is 14.4 Å². The number of esters is 1. The van der Waals surface area contributed by atoms with E-state index in [1.807, 2.05) is 0 Å². The van der Waals surface area contributed by atoms with Gasteiger partial charge in [-0.25, -0.2) is 4.79 Å². The zero-order valence-electron chi connectivity index (χ0n) is 8.86. The molecule has 5 nitrogen and oxygen atoms in total. The van der Waals surface area contributed by atoms with Crippen molar-refractivity contribution < 1.29 is 19.1 Å². The van der Waals surface area contributed by atoms with E-state index in [-0.39, 0.29) is 36.8 Å². The Morgan fingerprint density at radius 3 is 2.81 bits per heavy atom. The summed E-state index contributed by atoms with van der Waals surface area (Å²) in [6, 6.07) is 3.13. The number of carbonyl (C=O) groups is 3. The molecule has 1 aromatic rings. The van der Waals surface area contributed by atoms with E-state index in [0.29, 0.717) is 5.69 Å². The van der Waals surface area contributed by atoms with Crippen molar-refractivity contribution in [3.05, 3.63) is 23.5 Å². The Bertz CT molecular complexity index is 472. The van der Waals surface area contributed by atoms with Crippen LogP contribution in [0.3, 0.4) is 0 Å². The fourth-order valence-electron chi connectivity index (χ4n) is 1.79. The molecule has 0 amide bonds. The fraction of sp³-hybridized carbons (Fsp3) is 0.364. The molecule has 0 fully saturated rings. The molecule has 0 saturated heterocycles. The van der Waals surface area contributed by atoms with E-state index in [1.54, 1.807) is 13.0 Å². The van der Waals surface area contributed by atoms with Crippen LogP contribution in [0.2, 0.25) is 0 Å². The Labute approximate surface area is 92.0 Å². The normalized spacial score (nSPS) is 14.8. The topological polar surface area (TPSA) is 65.4 Å². The van der Waals surface area contributed by atoms with Crippen molar-refractivity contribution in [1.29, 1.82) is 0 Å². The third-order valence-corrected chi connectivity index (χ3v) is 2.42. The molecule has 0 atom stereocenters. The molecule has 2 rings (SSSR count). The van der Waals surface area contributed by atoms with Crippen molar-refractivity contribution in [3.63, 3.8) is 0 Å². The van der Waals surface area contributed by atoms with Crippen LogP contribution in [0.5, 0.6) is 0 Å². The Balaban J connectivity index is 2.40. The van der Waals surface area contributed by atoms with Crippen LogP contribution in [0, 0.1) is 0 Å². The third kappa shape index (κ3) is 1.64. The molecule has 0 radical (unpaired) electrons. The number of rotatable bonds is 2. The van der Waals surface area contributed by atoms with Crippen molar-refractivity contribution in [2.24, 2.45) is 0 Å². The highest BCUT2D eigenvalue weighted by atomic mass is 16.5. The van der Waals surface area contributed by atoms with Crippen molar-refractivity contribution in [2.45, 2.75) is 19.8 Å². The van der Waals surface area contributed by atoms with Crippen molar-refractivity contribution in [1.82, 2.24) is 4.57 Å². The molecule has 0 unspecified atom stereocenters. The average Bonchev–Trinajstić information content (AvgIpc) is 2.61. The molecule has 1 aromatic heterocycles. The standard InChI is InChI=1S/C11H11NO4/c1-2-16-11(15)9-4-3-7-5-8(13)6-10(14)12(7)9/h3-4H,2,5-6H2,1H3. The summed E-state index contributed by atoms with van der Waals surface area (Å²) >= 11 is 0. The summed E-state index contributed by atoms with van der Waals surface area (Å²) in [5, 5.41) is 0. The van der Waals surface area contributed by atoms with Crippen LogP contribution in [0.4, 0.5) is 0 Å². The van der Waals surface area contributed by atoms with Gasteiger partial charge in [-0.05, 0) is 19.1 Å². The summed E-state index contributed by atoms with van der Waals surface area (Å²) in [7, 11) is 0. The first-order valence-electron chi connectivity index (χ1n) is 5.06. The molecule has 16 heavy (non-hydrogen) atoms. The summed E-state index contributed by atoms with van der Waals surface area (Å²) in [4.78, 5) is 34.3. The number of hydrogen-bond acceptors (Lipinski definition) is 4. The first-order chi connectivity index (χ1) is 7.63. The molecule has 0 spiro atoms. The van der Waals surface area contributed by atoms with E-state index in [2.05, 4.69) is 0 Å². The smallest absolute Gasteiger partial charge is 0.355 e. The number of fused-ring (bicyclic) bond motifs is 1. The predicted molar refractivity (Wildman–Crippen MR) is 54.3 cm³/mol. The lowest BCUT2D eigenvalue weighted by molar-refractivity contribution is -0.118. The zero-order valence-corrected chi connectivity index (χ0v) is 8.86. The van der Waals surface area contributed by atoms with Gasteiger partial charge in [-0.2, -0.15) is 0 Å². The molecule has 0 aliphatic carbocycles. The maximum Gasteiger partial charge on any atom is 0.355 e. The molecule has 84 valence electrons. The van der Waals surface area contributed by atoms with E-state index >= 15 is 0 Å². The van der Waals surface area contributed by atoms with Gasteiger partial charge in [-0.1, -0.05) is 0 Å². The van der Waals surface area contributed by atoms with Crippen LogP contribution in [-0.2, 0) is 16.0 Å². The second-order valence-corrected chi connectivity index (χ2v) is 3.55. The zero-order chi connectivity index (χ0) is 11.7. The van der Waals surface area contributed by atoms with Crippen LogP contribution < -0.4 is 0 Å². The molecule has 0 bridgehead atoms. The second-order valence-electron chi connectivity index (χ2n) is 3.55. The lowest BCUT2D eigenvalue weighted by Gasteiger charge is -2.14. The maximum atomic E-state index is 11.6. The Morgan fingerprint density at radius 2 is 2.12 bits per heavy atom. The van der Waals surface area contributed by atoms with Crippen LogP contribution in [0.25, 0.3) is 0 Å². The molecule has 0 saturated carbocycles. The van der Waals surface area contributed by atoms with Gasteiger partial charge in [-0.15, -0.1) is 0 Å². The molecule has 0 N–H and O–H groups in total. The van der Waals surface area contributed by atoms with E-state index in [1.165, 1.54) is 10.6 Å². The average molecular weight is 221 g/mol. The SMILES string of the molecule is CCOC(=O)c1ccc2n1C(=O)CC(=O)C2. The highest BCUT2D eigenvalue weighted by Crippen LogP contribution is 2.17. The molecule has 5 heteroatoms. The molecule has 0 aromatic carbocycles. The summed E-state index contributed by atoms with van der Waals surface area (Å²) in [5.74, 6) is -1.01. The quantitative estimate of drug-likeness (QED) is 0.547. The highest BCUT2D eigenvalue weighted by molar-refractivity contribution is 6.06. The first-order valence-corrected chi connectivity index (χ1v) is 5.06. The van der Waals surface area contributed by atoms with Crippen LogP contribution in [-0.4, -0.2) is 28.8 Å². The number of carbonyl (C=O) groups excluding carboxylic acids is 3. The van der Waals surface area contributed by atoms with Gasteiger partial charge in [0.05, 0.1) is 13.0 Å². The lowest BCUT2D eigenvalue weighted by Crippen LogP contribution is -2.28. The van der Waals surface area contributed by atoms with Crippen LogP contribution in [0.1, 0.15) is 34.3 Å². The summed E-state index contributed by atoms with van der Waals surface area (Å²) in [6.45, 7) is 1.95. The number of ketones is 1. The van der Waals surface area contributed by atoms with Gasteiger partial charge in [0, 0.05) is 12.1 Å². The van der Waals surface area contributed by atoms with E-state index in [4.69, 9.17) is 4.74 Å². The lowest BCUT2D eigenvalue weighted by atomic mass is 10.1. The minimum absolute atomic E-state index is 0.119. The minimum atomic E-state index is -0.531. The Kier molecular flexibility index (Phi) is 2.60. The summed E-state index contributed by atoms with van der Waals surface area (Å²) in [5.41, 5.74) is 0.763. The van der Waals surface area contributed by atoms with Gasteiger partial charge in [0.15, 0.2) is 0 Å². The van der Waals surface area contributed by atoms with Gasteiger partial charge in [0.1, 0.15) is 11.5 Å². The van der Waals surface area contributed by atoms with E-state index < -0.39 is 5.97 Å². The molecular formula is C11H11NO4. The molecular weight excluding hydrogens is 210 g/mol. The van der Waals surface area contributed by atoms with Gasteiger partial charge in [-0.3, -0.25) is 14.2 Å². The maximum absolute atomic E-state index is 11.6. The largest absolute Gasteiger partial charge is 0.461 e. The van der Waals surface area contributed by atoms with Gasteiger partial charge >= 0.3 is 5.97 Å². The summed E-state index contributed by atoms with van der Waals surface area (Å²) < 4.78 is 6.11. The number of hydrogen-bond donors (Lipinski definition) is 0. The molecule has 1 aliphatic heterocycles. The monoisotopic (exact) mass is 221 g/mol. The predicted octanol–water partition coefficient (Wildman–Crippen LogP) is 0.820. The van der Waals surface area contributed by atoms with Crippen LogP contribution in [0.15, 0.2) is 12.1 Å². The minimum Gasteiger partial charge on any atom is -0.461 e. The Hall–Kier alpha value is -1.91. The van der Waals surface area contributed by atoms with Crippen molar-refractivity contribution in [2.75, 3.05) is 6.61 Å². The molecule has 1 aliphatic rings. The highest BCUT2D eigenvalue weighted by Gasteiger charge is 2.27. The van der Waals surface area contributed by atoms with Crippen LogP contribution >= 0.6 is 0 Å². The number of Topliss-reactive ketones (excluding diaryl/α,β-unsaturated/α-hetero) is 1. The number of aromatic nitrogens is 1. The van der Waals surface area contributed by atoms with Crippen molar-refractivity contribution in [3.8, 4) is 0 Å². The summed E-state index contributed by atoms with van der Waals surface area (Å²) in [6.07, 6.45) is 0.0548. The van der Waals surface area contributed by atoms with Gasteiger partial charge in [0.2, 0.25) is 5.91 Å². The molecule has 2 heterocycles. The first kappa shape index (κ1) is 10.6. The number of ether oxygens (including phenoxy) is 1. The third-order valence-electron chi connectivity index (χ3n) is 2.42.